The lowest BCUT2D eigenvalue weighted by atomic mass is 10.0. The highest BCUT2D eigenvalue weighted by Gasteiger charge is 2.37. The molecule has 416 valence electrons. The number of benzene rings is 2. The quantitative estimate of drug-likeness (QED) is 0.0345. The zero-order chi connectivity index (χ0) is 56.0. The van der Waals surface area contributed by atoms with Crippen LogP contribution in [0.4, 0.5) is 0 Å². The normalized spacial score (nSPS) is 23.5. The number of piperazine rings is 1. The van der Waals surface area contributed by atoms with Gasteiger partial charge in [-0.2, -0.15) is 0 Å². The molecule has 1 aromatic heterocycles. The van der Waals surface area contributed by atoms with Crippen LogP contribution in [0.5, 0.6) is 0 Å². The van der Waals surface area contributed by atoms with Crippen LogP contribution in [0, 0.1) is 0 Å². The van der Waals surface area contributed by atoms with Gasteiger partial charge in [-0.25, -0.2) is 4.79 Å². The van der Waals surface area contributed by atoms with Gasteiger partial charge in [-0.3, -0.25) is 53.1 Å². The summed E-state index contributed by atoms with van der Waals surface area (Å²) in [6.45, 7) is 0.134. The van der Waals surface area contributed by atoms with E-state index in [9.17, 15) is 53.1 Å². The Morgan fingerprint density at radius 3 is 1.88 bits per heavy atom. The van der Waals surface area contributed by atoms with Crippen LogP contribution >= 0.6 is 0 Å². The van der Waals surface area contributed by atoms with Crippen LogP contribution in [0.15, 0.2) is 70.8 Å². The summed E-state index contributed by atoms with van der Waals surface area (Å²) >= 11 is 0. The number of rotatable bonds is 17. The van der Waals surface area contributed by atoms with Gasteiger partial charge in [0.2, 0.25) is 53.2 Å². The number of carbonyl (C=O) groups excluding carboxylic acids is 9. The van der Waals surface area contributed by atoms with E-state index in [-0.39, 0.29) is 82.2 Å². The maximum absolute atomic E-state index is 14.6. The SMILES string of the molecule is NC(=O)CC[C@@H]1NC(=O)[C@@H](NC(=O)[C@H]2CN[C@@H](CCCN=C(N)N)C(=O)N2)CC(=O)NCCCC[C@@H](C(=O)O)NC(=O)[C@H](Cc2c[nH]c3ccccc23)NC(=O)[C@H](CCCN=C(N)N)NC(=O)C(c2ccccc2)NC1=O. The highest BCUT2D eigenvalue weighted by molar-refractivity contribution is 5.99. The molecule has 0 saturated carbocycles. The van der Waals surface area contributed by atoms with Crippen LogP contribution in [0.3, 0.4) is 0 Å². The van der Waals surface area contributed by atoms with E-state index in [1.165, 1.54) is 12.1 Å². The van der Waals surface area contributed by atoms with Crippen LogP contribution in [-0.4, -0.2) is 150 Å². The first-order chi connectivity index (χ1) is 36.8. The Bertz CT molecular complexity index is 2660. The summed E-state index contributed by atoms with van der Waals surface area (Å²) in [7, 11) is 0. The first kappa shape index (κ1) is 59.1. The molecule has 0 aliphatic carbocycles. The average molecular weight is 1070 g/mol. The number of nitrogens with zero attached hydrogens (tertiary/aromatic N) is 2. The van der Waals surface area contributed by atoms with Gasteiger partial charge in [-0.1, -0.05) is 48.5 Å². The molecule has 2 aliphatic heterocycles. The number of nitrogens with one attached hydrogen (secondary N) is 10. The van der Waals surface area contributed by atoms with Crippen LogP contribution in [0.2, 0.25) is 0 Å². The van der Waals surface area contributed by atoms with Crippen LogP contribution < -0.4 is 76.5 Å². The number of H-pyrrole nitrogens is 1. The zero-order valence-electron chi connectivity index (χ0n) is 42.3. The molecule has 8 atom stereocenters. The molecule has 5 rings (SSSR count). The number of carboxylic acids is 1. The lowest BCUT2D eigenvalue weighted by Crippen LogP contribution is -2.64. The number of fused-ring (bicyclic) bond motifs is 1. The summed E-state index contributed by atoms with van der Waals surface area (Å²) in [5.74, 6) is -9.55. The molecular formula is C49H69N17O11. The van der Waals surface area contributed by atoms with Gasteiger partial charge >= 0.3 is 5.97 Å². The van der Waals surface area contributed by atoms with Gasteiger partial charge in [0.1, 0.15) is 42.3 Å². The van der Waals surface area contributed by atoms with Gasteiger partial charge in [0, 0.05) is 56.1 Å². The van der Waals surface area contributed by atoms with E-state index in [0.717, 1.165) is 10.9 Å². The molecule has 2 aromatic carbocycles. The Morgan fingerprint density at radius 1 is 0.636 bits per heavy atom. The van der Waals surface area contributed by atoms with Crippen molar-refractivity contribution >= 4 is 82.0 Å². The van der Waals surface area contributed by atoms with Gasteiger partial charge in [-0.05, 0) is 68.6 Å². The van der Waals surface area contributed by atoms with Crippen molar-refractivity contribution in [3.05, 3.63) is 71.9 Å². The number of hydrogen-bond acceptors (Lipinski definition) is 13. The average Bonchev–Trinajstić information content (AvgIpc) is 3.80. The molecule has 3 aromatic rings. The predicted octanol–water partition coefficient (Wildman–Crippen LogP) is -4.40. The fourth-order valence-corrected chi connectivity index (χ4v) is 8.59. The predicted molar refractivity (Wildman–Crippen MR) is 280 cm³/mol. The zero-order valence-corrected chi connectivity index (χ0v) is 42.3. The van der Waals surface area contributed by atoms with E-state index in [4.69, 9.17) is 28.7 Å². The minimum Gasteiger partial charge on any atom is -0.480 e. The monoisotopic (exact) mass is 1070 g/mol. The number of aliphatic imine (C=N–C) groups is 2. The van der Waals surface area contributed by atoms with Crippen molar-refractivity contribution in [3.8, 4) is 0 Å². The van der Waals surface area contributed by atoms with Gasteiger partial charge < -0.3 is 86.6 Å². The number of hydrogen-bond donors (Lipinski definition) is 16. The van der Waals surface area contributed by atoms with Gasteiger partial charge in [0.25, 0.3) is 0 Å². The van der Waals surface area contributed by atoms with Crippen molar-refractivity contribution in [1.29, 1.82) is 0 Å². The maximum Gasteiger partial charge on any atom is 0.326 e. The fraction of sp³-hybridized carbons (Fsp3) is 0.469. The molecular weight excluding hydrogens is 1000 g/mol. The van der Waals surface area contributed by atoms with Crippen molar-refractivity contribution in [1.82, 2.24) is 52.8 Å². The Balaban J connectivity index is 1.49. The second-order valence-electron chi connectivity index (χ2n) is 18.5. The minimum atomic E-state index is -1.71. The number of guanidine groups is 2. The molecule has 77 heavy (non-hydrogen) atoms. The smallest absolute Gasteiger partial charge is 0.326 e. The number of aliphatic carboxylic acids is 1. The van der Waals surface area contributed by atoms with E-state index in [1.54, 1.807) is 42.6 Å². The molecule has 2 saturated heterocycles. The molecule has 0 spiro atoms. The molecule has 21 N–H and O–H groups in total. The summed E-state index contributed by atoms with van der Waals surface area (Å²) < 4.78 is 0. The van der Waals surface area contributed by atoms with Crippen molar-refractivity contribution in [2.45, 2.75) is 119 Å². The number of aromatic nitrogens is 1. The minimum absolute atomic E-state index is 0.0135. The number of nitrogens with two attached hydrogens (primary N) is 5. The lowest BCUT2D eigenvalue weighted by Gasteiger charge is -2.31. The molecule has 0 bridgehead atoms. The van der Waals surface area contributed by atoms with Gasteiger partial charge in [-0.15, -0.1) is 0 Å². The van der Waals surface area contributed by atoms with E-state index in [2.05, 4.69) is 62.8 Å². The van der Waals surface area contributed by atoms with Crippen molar-refractivity contribution < 1.29 is 53.1 Å². The number of carboxylic acid groups (broad SMARTS) is 1. The molecule has 28 heteroatoms. The molecule has 28 nitrogen and oxygen atoms in total. The molecule has 3 heterocycles. The van der Waals surface area contributed by atoms with E-state index < -0.39 is 127 Å². The fourth-order valence-electron chi connectivity index (χ4n) is 8.59. The number of amides is 9. The third-order valence-electron chi connectivity index (χ3n) is 12.6. The Kier molecular flexibility index (Phi) is 22.5. The third-order valence-corrected chi connectivity index (χ3v) is 12.6. The molecule has 1 unspecified atom stereocenters. The van der Waals surface area contributed by atoms with Gasteiger partial charge in [0.15, 0.2) is 11.9 Å². The summed E-state index contributed by atoms with van der Waals surface area (Å²) in [5.41, 5.74) is 28.9. The second kappa shape index (κ2) is 29.3. The highest BCUT2D eigenvalue weighted by Crippen LogP contribution is 2.21. The summed E-state index contributed by atoms with van der Waals surface area (Å²) in [6.07, 6.45) is 0.857. The first-order valence-corrected chi connectivity index (χ1v) is 25.1. The number of para-hydroxylation sites is 1. The van der Waals surface area contributed by atoms with Crippen LogP contribution in [-0.2, 0) is 54.4 Å². The van der Waals surface area contributed by atoms with Crippen molar-refractivity contribution in [2.75, 3.05) is 26.2 Å². The second-order valence-corrected chi connectivity index (χ2v) is 18.5. The highest BCUT2D eigenvalue weighted by atomic mass is 16.4. The topological polar surface area (TPSA) is 470 Å². The van der Waals surface area contributed by atoms with Crippen LogP contribution in [0.25, 0.3) is 10.9 Å². The van der Waals surface area contributed by atoms with E-state index >= 15 is 0 Å². The number of carbonyl (C=O) groups is 10. The van der Waals surface area contributed by atoms with Gasteiger partial charge in [0.05, 0.1) is 12.5 Å². The molecule has 9 amide bonds. The third kappa shape index (κ3) is 18.8. The summed E-state index contributed by atoms with van der Waals surface area (Å²) in [4.78, 5) is 148. The Hall–Kier alpha value is -8.82. The summed E-state index contributed by atoms with van der Waals surface area (Å²) in [6, 6.07) is 3.76. The Morgan fingerprint density at radius 2 is 1.22 bits per heavy atom. The number of aromatic amines is 1. The molecule has 2 fully saturated rings. The molecule has 0 radical (unpaired) electrons. The number of primary amides is 1. The standard InChI is InChI=1S/C49H69N17O11/c50-37(67)18-17-32-42(71)66-39(26-10-2-1-3-11-26)46(75)61-31(16-9-21-57-49(53)54)41(70)63-34(22-27-24-58-29-13-5-4-12-28(27)29)43(72)62-33(47(76)77)14-6-7-19-55-38(68)23-35(44(73)60-32)64-45(74)36-25-59-30(40(69)65-36)15-8-20-56-48(51)52/h1-5,10-13,24,30-36,39,58-59H,6-9,14-23,25H2,(H2,50,67)(H,55,68)(H,60,73)(H,61,75)(H,62,72)(H,63,70)(H,64,74)(H,65,69)(H,66,71)(H,76,77)(H4,51,52,56)(H4,53,54,57)/t30-,31-,32-,33-,34-,35-,36+,39?/m0/s1. The van der Waals surface area contributed by atoms with Crippen LogP contribution in [0.1, 0.15) is 81.4 Å². The molecule has 2 aliphatic rings. The van der Waals surface area contributed by atoms with Crippen molar-refractivity contribution in [2.24, 2.45) is 38.7 Å². The van der Waals surface area contributed by atoms with E-state index in [1.807, 2.05) is 6.07 Å². The van der Waals surface area contributed by atoms with E-state index in [0.29, 0.717) is 18.4 Å². The summed E-state index contributed by atoms with van der Waals surface area (Å²) in [5, 5.41) is 34.7. The first-order valence-electron chi connectivity index (χ1n) is 25.1. The largest absolute Gasteiger partial charge is 0.480 e. The Labute approximate surface area is 442 Å². The lowest BCUT2D eigenvalue weighted by molar-refractivity contribution is -0.142. The maximum atomic E-state index is 14.6. The van der Waals surface area contributed by atoms with Crippen molar-refractivity contribution in [3.63, 3.8) is 0 Å².